The first-order valence-corrected chi connectivity index (χ1v) is 10.4. The average molecular weight is 428 g/mol. The van der Waals surface area contributed by atoms with Gasteiger partial charge in [0.25, 0.3) is 5.91 Å². The molecule has 0 bridgehead atoms. The van der Waals surface area contributed by atoms with Crippen molar-refractivity contribution < 1.29 is 13.6 Å². The van der Waals surface area contributed by atoms with Crippen LogP contribution >= 0.6 is 11.3 Å². The van der Waals surface area contributed by atoms with E-state index in [4.69, 9.17) is 4.42 Å². The van der Waals surface area contributed by atoms with Crippen LogP contribution in [0.3, 0.4) is 0 Å². The molecule has 7 heteroatoms. The molecule has 0 spiro atoms. The Morgan fingerprint density at radius 3 is 2.52 bits per heavy atom. The van der Waals surface area contributed by atoms with Crippen molar-refractivity contribution in [2.45, 2.75) is 6.04 Å². The summed E-state index contributed by atoms with van der Waals surface area (Å²) in [5.74, 6) is -1.09. The number of anilines is 1. The van der Waals surface area contributed by atoms with Crippen molar-refractivity contribution in [3.05, 3.63) is 106 Å². The molecular weight excluding hydrogens is 415 g/mol. The summed E-state index contributed by atoms with van der Waals surface area (Å²) >= 11 is 1.31. The number of halogens is 1. The second-order valence-electron chi connectivity index (χ2n) is 7.23. The molecule has 0 fully saturated rings. The van der Waals surface area contributed by atoms with Gasteiger partial charge in [0.2, 0.25) is 5.76 Å². The first-order chi connectivity index (χ1) is 15.1. The van der Waals surface area contributed by atoms with Crippen LogP contribution in [0.1, 0.15) is 27.7 Å². The van der Waals surface area contributed by atoms with Crippen LogP contribution in [0.15, 0.2) is 82.0 Å². The molecule has 2 aromatic heterocycles. The maximum atomic E-state index is 14.9. The summed E-state index contributed by atoms with van der Waals surface area (Å²) < 4.78 is 21.7. The van der Waals surface area contributed by atoms with E-state index < -0.39 is 17.8 Å². The van der Waals surface area contributed by atoms with Crippen LogP contribution in [-0.2, 0) is 0 Å². The number of rotatable bonds is 2. The number of nitrogens with zero attached hydrogens (tertiary/aromatic N) is 2. The lowest BCUT2D eigenvalue weighted by Gasteiger charge is -2.22. The number of carbonyl (C=O) groups excluding carboxylic acids is 1. The molecule has 5 aromatic rings. The average Bonchev–Trinajstić information content (AvgIpc) is 3.33. The summed E-state index contributed by atoms with van der Waals surface area (Å²) in [4.78, 5) is 32.9. The number of hydrogen-bond donors (Lipinski definition) is 0. The summed E-state index contributed by atoms with van der Waals surface area (Å²) in [6, 6.07) is 19.4. The normalized spacial score (nSPS) is 15.7. The van der Waals surface area contributed by atoms with Crippen LogP contribution in [0.5, 0.6) is 0 Å². The summed E-state index contributed by atoms with van der Waals surface area (Å²) in [5.41, 5.74) is 1.05. The third kappa shape index (κ3) is 2.56. The molecule has 1 aliphatic rings. The van der Waals surface area contributed by atoms with Gasteiger partial charge in [0.15, 0.2) is 10.6 Å². The highest BCUT2D eigenvalue weighted by Gasteiger charge is 2.45. The summed E-state index contributed by atoms with van der Waals surface area (Å²) in [7, 11) is 0. The predicted octanol–water partition coefficient (Wildman–Crippen LogP) is 5.29. The van der Waals surface area contributed by atoms with E-state index in [-0.39, 0.29) is 22.3 Å². The van der Waals surface area contributed by atoms with Crippen LogP contribution < -0.4 is 10.3 Å². The van der Waals surface area contributed by atoms with Crippen LogP contribution in [-0.4, -0.2) is 10.9 Å². The van der Waals surface area contributed by atoms with E-state index in [9.17, 15) is 14.0 Å². The second kappa shape index (κ2) is 6.58. The maximum Gasteiger partial charge on any atom is 0.297 e. The van der Waals surface area contributed by atoms with E-state index in [2.05, 4.69) is 4.98 Å². The highest BCUT2D eigenvalue weighted by molar-refractivity contribution is 7.22. The third-order valence-corrected chi connectivity index (χ3v) is 6.50. The summed E-state index contributed by atoms with van der Waals surface area (Å²) in [6.07, 6.45) is 0. The van der Waals surface area contributed by atoms with E-state index in [1.807, 2.05) is 24.3 Å². The zero-order valence-electron chi connectivity index (χ0n) is 15.9. The molecule has 1 amide bonds. The fourth-order valence-corrected chi connectivity index (χ4v) is 5.06. The Balaban J connectivity index is 1.68. The Labute approximate surface area is 179 Å². The summed E-state index contributed by atoms with van der Waals surface area (Å²) in [6.45, 7) is 0. The molecule has 0 saturated carbocycles. The Bertz CT molecular complexity index is 1540. The Hall–Kier alpha value is -3.84. The molecule has 31 heavy (non-hydrogen) atoms. The predicted molar refractivity (Wildman–Crippen MR) is 117 cm³/mol. The van der Waals surface area contributed by atoms with Gasteiger partial charge in [-0.05, 0) is 30.3 Å². The van der Waals surface area contributed by atoms with E-state index in [1.165, 1.54) is 22.3 Å². The molecule has 5 nitrogen and oxygen atoms in total. The second-order valence-corrected chi connectivity index (χ2v) is 8.24. The van der Waals surface area contributed by atoms with Crippen molar-refractivity contribution in [2.24, 2.45) is 0 Å². The van der Waals surface area contributed by atoms with Crippen molar-refractivity contribution in [3.63, 3.8) is 0 Å². The van der Waals surface area contributed by atoms with Crippen molar-refractivity contribution in [2.75, 3.05) is 4.90 Å². The fourth-order valence-electron chi connectivity index (χ4n) is 4.07. The lowest BCUT2D eigenvalue weighted by molar-refractivity contribution is 0.0971. The molecule has 0 N–H and O–H groups in total. The number of aromatic nitrogens is 1. The van der Waals surface area contributed by atoms with Gasteiger partial charge in [-0.25, -0.2) is 9.37 Å². The number of hydrogen-bond acceptors (Lipinski definition) is 5. The van der Waals surface area contributed by atoms with E-state index >= 15 is 0 Å². The molecule has 0 saturated heterocycles. The first-order valence-electron chi connectivity index (χ1n) is 9.63. The van der Waals surface area contributed by atoms with Gasteiger partial charge in [0.1, 0.15) is 17.4 Å². The van der Waals surface area contributed by atoms with Crippen LogP contribution in [0.25, 0.3) is 21.2 Å². The lowest BCUT2D eigenvalue weighted by atomic mass is 9.98. The van der Waals surface area contributed by atoms with E-state index in [0.717, 1.165) is 10.2 Å². The third-order valence-electron chi connectivity index (χ3n) is 5.47. The standard InChI is InChI=1S/C24H13FN2O3S/c25-15-9-3-1-7-13(15)20-19-21(28)14-8-2-5-11-17(14)30-22(19)23(29)27(20)24-26-16-10-4-6-12-18(16)31-24/h1-12,20H/t20-/m1/s1. The number of fused-ring (bicyclic) bond motifs is 3. The highest BCUT2D eigenvalue weighted by Crippen LogP contribution is 2.44. The number of amides is 1. The number of benzene rings is 3. The van der Waals surface area contributed by atoms with Crippen LogP contribution in [0.2, 0.25) is 0 Å². The minimum absolute atomic E-state index is 0.0730. The van der Waals surface area contributed by atoms with Gasteiger partial charge < -0.3 is 4.42 Å². The number of thiazole rings is 1. The molecule has 3 aromatic carbocycles. The molecule has 3 heterocycles. The zero-order chi connectivity index (χ0) is 21.1. The van der Waals surface area contributed by atoms with Crippen molar-refractivity contribution >= 4 is 43.6 Å². The van der Waals surface area contributed by atoms with Crippen LogP contribution in [0.4, 0.5) is 9.52 Å². The Morgan fingerprint density at radius 2 is 1.68 bits per heavy atom. The first kappa shape index (κ1) is 18.0. The molecule has 1 aliphatic heterocycles. The molecule has 1 atom stereocenters. The maximum absolute atomic E-state index is 14.9. The quantitative estimate of drug-likeness (QED) is 0.383. The van der Waals surface area contributed by atoms with Gasteiger partial charge in [-0.2, -0.15) is 0 Å². The minimum Gasteiger partial charge on any atom is -0.450 e. The van der Waals surface area contributed by atoms with Gasteiger partial charge in [-0.1, -0.05) is 53.8 Å². The smallest absolute Gasteiger partial charge is 0.297 e. The zero-order valence-corrected chi connectivity index (χ0v) is 16.7. The number of carbonyl (C=O) groups is 1. The van der Waals surface area contributed by atoms with Gasteiger partial charge in [-0.3, -0.25) is 14.5 Å². The van der Waals surface area contributed by atoms with Crippen molar-refractivity contribution in [1.29, 1.82) is 0 Å². The Morgan fingerprint density at radius 1 is 0.935 bits per heavy atom. The van der Waals surface area contributed by atoms with Crippen molar-refractivity contribution in [1.82, 2.24) is 4.98 Å². The van der Waals surface area contributed by atoms with Gasteiger partial charge in [0.05, 0.1) is 21.2 Å². The minimum atomic E-state index is -0.967. The molecule has 0 radical (unpaired) electrons. The van der Waals surface area contributed by atoms with Gasteiger partial charge >= 0.3 is 0 Å². The molecule has 0 aliphatic carbocycles. The van der Waals surface area contributed by atoms with Crippen molar-refractivity contribution in [3.8, 4) is 0 Å². The van der Waals surface area contributed by atoms with Gasteiger partial charge in [-0.15, -0.1) is 0 Å². The monoisotopic (exact) mass is 428 g/mol. The molecule has 6 rings (SSSR count). The largest absolute Gasteiger partial charge is 0.450 e. The molecule has 150 valence electrons. The topological polar surface area (TPSA) is 63.4 Å². The van der Waals surface area contributed by atoms with Gasteiger partial charge in [0, 0.05) is 5.56 Å². The van der Waals surface area contributed by atoms with Crippen LogP contribution in [0, 0.1) is 5.82 Å². The lowest BCUT2D eigenvalue weighted by Crippen LogP contribution is -2.30. The summed E-state index contributed by atoms with van der Waals surface area (Å²) in [5, 5.41) is 0.732. The fraction of sp³-hybridized carbons (Fsp3) is 0.0417. The van der Waals surface area contributed by atoms with E-state index in [1.54, 1.807) is 42.5 Å². The molecular formula is C24H13FN2O3S. The molecule has 0 unspecified atom stereocenters. The SMILES string of the molecule is O=C1c2oc3ccccc3c(=O)c2[C@@H](c2ccccc2F)N1c1nc2ccccc2s1. The Kier molecular flexibility index (Phi) is 3.82. The highest BCUT2D eigenvalue weighted by atomic mass is 32.1. The number of para-hydroxylation sites is 2. The van der Waals surface area contributed by atoms with E-state index in [0.29, 0.717) is 16.1 Å².